The van der Waals surface area contributed by atoms with Gasteiger partial charge in [0, 0.05) is 17.9 Å². The third-order valence-electron chi connectivity index (χ3n) is 4.62. The van der Waals surface area contributed by atoms with Gasteiger partial charge in [-0.1, -0.05) is 0 Å². The summed E-state index contributed by atoms with van der Waals surface area (Å²) in [6, 6.07) is 9.66. The summed E-state index contributed by atoms with van der Waals surface area (Å²) < 4.78 is 23.5. The van der Waals surface area contributed by atoms with Crippen LogP contribution in [-0.4, -0.2) is 56.9 Å². The Morgan fingerprint density at radius 3 is 2.52 bits per heavy atom. The van der Waals surface area contributed by atoms with Crippen molar-refractivity contribution in [2.24, 2.45) is 0 Å². The number of carbonyl (C=O) groups is 3. The maximum absolute atomic E-state index is 13.0. The molecule has 10 heteroatoms. The summed E-state index contributed by atoms with van der Waals surface area (Å²) in [6.07, 6.45) is -1.03. The van der Waals surface area contributed by atoms with E-state index in [9.17, 15) is 18.8 Å². The highest BCUT2D eigenvalue weighted by atomic mass is 32.1. The molecule has 8 nitrogen and oxygen atoms in total. The number of nitrogens with one attached hydrogen (secondary N) is 1. The number of morpholine rings is 1. The van der Waals surface area contributed by atoms with Crippen LogP contribution in [0.5, 0.6) is 0 Å². The number of halogens is 1. The van der Waals surface area contributed by atoms with Gasteiger partial charge >= 0.3 is 6.09 Å². The van der Waals surface area contributed by atoms with Crippen molar-refractivity contribution >= 4 is 40.6 Å². The second kappa shape index (κ2) is 8.18. The van der Waals surface area contributed by atoms with Gasteiger partial charge in [0.25, 0.3) is 11.8 Å². The zero-order valence-electron chi connectivity index (χ0n) is 15.3. The largest absolute Gasteiger partial charge is 0.442 e. The van der Waals surface area contributed by atoms with Crippen LogP contribution < -0.4 is 15.1 Å². The van der Waals surface area contributed by atoms with E-state index < -0.39 is 23.2 Å². The molecule has 0 radical (unpaired) electrons. The Labute approximate surface area is 169 Å². The average Bonchev–Trinajstić information content (AvgIpc) is 3.32. The van der Waals surface area contributed by atoms with Gasteiger partial charge in [-0.3, -0.25) is 14.5 Å². The van der Waals surface area contributed by atoms with Crippen LogP contribution in [0, 0.1) is 5.13 Å². The van der Waals surface area contributed by atoms with Crippen LogP contribution in [0.1, 0.15) is 9.67 Å². The molecule has 1 aromatic heterocycles. The summed E-state index contributed by atoms with van der Waals surface area (Å²) in [7, 11) is 0. The normalized spacial score (nSPS) is 19.4. The lowest BCUT2D eigenvalue weighted by Gasteiger charge is -2.27. The monoisotopic (exact) mass is 419 g/mol. The van der Waals surface area contributed by atoms with Crippen LogP contribution in [-0.2, 0) is 14.3 Å². The predicted molar refractivity (Wildman–Crippen MR) is 104 cm³/mol. The number of thiophene rings is 1. The van der Waals surface area contributed by atoms with E-state index >= 15 is 0 Å². The Hall–Kier alpha value is -2.98. The number of rotatable bonds is 5. The molecule has 2 aliphatic rings. The Morgan fingerprint density at radius 2 is 1.86 bits per heavy atom. The predicted octanol–water partition coefficient (Wildman–Crippen LogP) is 2.01. The van der Waals surface area contributed by atoms with Crippen molar-refractivity contribution in [1.82, 2.24) is 5.32 Å². The highest BCUT2D eigenvalue weighted by Crippen LogP contribution is 2.25. The first-order chi connectivity index (χ1) is 14.0. The number of hydrogen-bond acceptors (Lipinski definition) is 6. The fourth-order valence-corrected chi connectivity index (χ4v) is 3.82. The molecule has 4 rings (SSSR count). The number of carbonyl (C=O) groups excluding carboxylic acids is 3. The van der Waals surface area contributed by atoms with Gasteiger partial charge < -0.3 is 19.7 Å². The van der Waals surface area contributed by atoms with E-state index in [2.05, 4.69) is 5.32 Å². The van der Waals surface area contributed by atoms with Gasteiger partial charge in [0.1, 0.15) is 12.7 Å². The van der Waals surface area contributed by atoms with E-state index in [0.29, 0.717) is 18.8 Å². The molecule has 0 aliphatic carbocycles. The van der Waals surface area contributed by atoms with Crippen molar-refractivity contribution in [3.8, 4) is 0 Å². The first-order valence-corrected chi connectivity index (χ1v) is 9.83. The first kappa shape index (κ1) is 19.3. The SMILES string of the molecule is O=C(NC[C@H]1CN(c2ccc(N3CCOCC3=O)cc2)C(=O)O1)c1ccc(F)s1. The molecule has 2 aliphatic heterocycles. The molecule has 3 heterocycles. The van der Waals surface area contributed by atoms with Gasteiger partial charge in [0.05, 0.1) is 24.6 Å². The Kier molecular flexibility index (Phi) is 5.45. The molecule has 3 amide bonds. The van der Waals surface area contributed by atoms with Crippen LogP contribution in [0.3, 0.4) is 0 Å². The Balaban J connectivity index is 1.35. The molecule has 0 bridgehead atoms. The fourth-order valence-electron chi connectivity index (χ4n) is 3.17. The lowest BCUT2D eigenvalue weighted by molar-refractivity contribution is -0.125. The van der Waals surface area contributed by atoms with Gasteiger partial charge in [-0.2, -0.15) is 4.39 Å². The molecule has 2 saturated heterocycles. The van der Waals surface area contributed by atoms with Crippen molar-refractivity contribution in [3.63, 3.8) is 0 Å². The molecular formula is C19H18FN3O5S. The minimum Gasteiger partial charge on any atom is -0.442 e. The van der Waals surface area contributed by atoms with Crippen molar-refractivity contribution < 1.29 is 28.2 Å². The molecule has 2 aromatic rings. The van der Waals surface area contributed by atoms with Crippen LogP contribution in [0.4, 0.5) is 20.6 Å². The molecule has 0 saturated carbocycles. The Morgan fingerprint density at radius 1 is 1.14 bits per heavy atom. The van der Waals surface area contributed by atoms with Crippen LogP contribution in [0.25, 0.3) is 0 Å². The summed E-state index contributed by atoms with van der Waals surface area (Å²) in [4.78, 5) is 39.5. The number of anilines is 2. The first-order valence-electron chi connectivity index (χ1n) is 9.01. The van der Waals surface area contributed by atoms with Crippen LogP contribution >= 0.6 is 11.3 Å². The molecule has 0 unspecified atom stereocenters. The molecule has 2 fully saturated rings. The topological polar surface area (TPSA) is 88.2 Å². The summed E-state index contributed by atoms with van der Waals surface area (Å²) in [5, 5.41) is 2.21. The quantitative estimate of drug-likeness (QED) is 0.801. The molecule has 1 aromatic carbocycles. The number of hydrogen-bond donors (Lipinski definition) is 1. The second-order valence-electron chi connectivity index (χ2n) is 6.54. The summed E-state index contributed by atoms with van der Waals surface area (Å²) in [5.41, 5.74) is 1.37. The third-order valence-corrected chi connectivity index (χ3v) is 5.49. The number of nitrogens with zero attached hydrogens (tertiary/aromatic N) is 2. The maximum atomic E-state index is 13.0. The van der Waals surface area contributed by atoms with Gasteiger partial charge in [0.2, 0.25) is 0 Å². The lowest BCUT2D eigenvalue weighted by atomic mass is 10.2. The minimum atomic E-state index is -0.517. The fraction of sp³-hybridized carbons (Fsp3) is 0.316. The molecular weight excluding hydrogens is 401 g/mol. The maximum Gasteiger partial charge on any atom is 0.414 e. The number of cyclic esters (lactones) is 1. The van der Waals surface area contributed by atoms with Crippen LogP contribution in [0.15, 0.2) is 36.4 Å². The highest BCUT2D eigenvalue weighted by Gasteiger charge is 2.33. The summed E-state index contributed by atoms with van der Waals surface area (Å²) in [6.45, 7) is 1.43. The van der Waals surface area contributed by atoms with Crippen molar-refractivity contribution in [3.05, 3.63) is 46.4 Å². The van der Waals surface area contributed by atoms with Crippen LogP contribution in [0.2, 0.25) is 0 Å². The minimum absolute atomic E-state index is 0.0612. The van der Waals surface area contributed by atoms with E-state index in [4.69, 9.17) is 9.47 Å². The van der Waals surface area contributed by atoms with Crippen molar-refractivity contribution in [2.45, 2.75) is 6.10 Å². The van der Waals surface area contributed by atoms with Gasteiger partial charge in [-0.05, 0) is 36.4 Å². The lowest BCUT2D eigenvalue weighted by Crippen LogP contribution is -2.41. The average molecular weight is 419 g/mol. The summed E-state index contributed by atoms with van der Waals surface area (Å²) >= 11 is 0.757. The Bertz CT molecular complexity index is 932. The smallest absolute Gasteiger partial charge is 0.414 e. The molecule has 0 spiro atoms. The molecule has 1 atom stereocenters. The zero-order chi connectivity index (χ0) is 20.4. The van der Waals surface area contributed by atoms with Crippen molar-refractivity contribution in [2.75, 3.05) is 42.6 Å². The van der Waals surface area contributed by atoms with Gasteiger partial charge in [-0.15, -0.1) is 11.3 Å². The van der Waals surface area contributed by atoms with Crippen molar-refractivity contribution in [1.29, 1.82) is 0 Å². The van der Waals surface area contributed by atoms with E-state index in [1.807, 2.05) is 0 Å². The van der Waals surface area contributed by atoms with E-state index in [1.54, 1.807) is 29.2 Å². The zero-order valence-corrected chi connectivity index (χ0v) is 16.1. The van der Waals surface area contributed by atoms with E-state index in [1.165, 1.54) is 17.0 Å². The highest BCUT2D eigenvalue weighted by molar-refractivity contribution is 7.12. The number of benzene rings is 1. The number of amides is 3. The van der Waals surface area contributed by atoms with E-state index in [0.717, 1.165) is 17.0 Å². The molecule has 152 valence electrons. The molecule has 29 heavy (non-hydrogen) atoms. The third kappa shape index (κ3) is 4.22. The van der Waals surface area contributed by atoms with E-state index in [-0.39, 0.29) is 30.5 Å². The van der Waals surface area contributed by atoms with Gasteiger partial charge in [-0.25, -0.2) is 4.79 Å². The molecule has 1 N–H and O–H groups in total. The second-order valence-corrected chi connectivity index (χ2v) is 7.58. The summed E-state index contributed by atoms with van der Waals surface area (Å²) in [5.74, 6) is -0.515. The standard InChI is InChI=1S/C19H18FN3O5S/c20-16-6-5-15(29-16)18(25)21-9-14-10-23(19(26)28-14)13-3-1-12(2-4-13)22-7-8-27-11-17(22)24/h1-6,14H,7-11H2,(H,21,25)/t14-/m0/s1. The number of ether oxygens (including phenoxy) is 2. The van der Waals surface area contributed by atoms with Gasteiger partial charge in [0.15, 0.2) is 5.13 Å².